The summed E-state index contributed by atoms with van der Waals surface area (Å²) < 4.78 is 1.92. The fourth-order valence-electron chi connectivity index (χ4n) is 4.70. The second-order valence-electron chi connectivity index (χ2n) is 9.69. The molecule has 0 saturated heterocycles. The third kappa shape index (κ3) is 4.88. The molecule has 0 fully saturated rings. The number of hydrogen-bond donors (Lipinski definition) is 1. The first-order valence-electron chi connectivity index (χ1n) is 12.5. The molecule has 0 saturated carbocycles. The average molecular weight is 527 g/mol. The molecule has 0 aliphatic rings. The largest absolute Gasteiger partial charge is 0.392 e. The molecule has 1 N–H and O–H groups in total. The Morgan fingerprint density at radius 3 is 2.42 bits per heavy atom. The highest BCUT2D eigenvalue weighted by Gasteiger charge is 2.21. The fourth-order valence-corrected chi connectivity index (χ4v) is 5.04. The average Bonchev–Trinajstić information content (AvgIpc) is 3.37. The van der Waals surface area contributed by atoms with Gasteiger partial charge in [0, 0.05) is 49.9 Å². The molecule has 2 aromatic carbocycles. The van der Waals surface area contributed by atoms with Crippen molar-refractivity contribution in [2.45, 2.75) is 6.61 Å². The number of benzene rings is 2. The normalized spacial score (nSPS) is 11.4. The summed E-state index contributed by atoms with van der Waals surface area (Å²) in [6.45, 7) is 1.59. The number of hydrogen-bond acceptors (Lipinski definition) is 6. The highest BCUT2D eigenvalue weighted by atomic mass is 35.5. The second-order valence-corrected chi connectivity index (χ2v) is 10.1. The first-order chi connectivity index (χ1) is 18.4. The van der Waals surface area contributed by atoms with Gasteiger partial charge >= 0.3 is 0 Å². The molecule has 0 aliphatic carbocycles. The van der Waals surface area contributed by atoms with Crippen LogP contribution in [0.2, 0.25) is 5.02 Å². The molecule has 0 bridgehead atoms. The number of aromatic nitrogens is 4. The Morgan fingerprint density at radius 1 is 0.947 bits per heavy atom. The fraction of sp³-hybridized carbons (Fsp3) is 0.233. The van der Waals surface area contributed by atoms with E-state index in [1.54, 1.807) is 18.7 Å². The summed E-state index contributed by atoms with van der Waals surface area (Å²) in [6.07, 6.45) is 5.25. The van der Waals surface area contributed by atoms with Crippen molar-refractivity contribution in [2.24, 2.45) is 7.05 Å². The second kappa shape index (κ2) is 10.9. The molecule has 0 amide bonds. The summed E-state index contributed by atoms with van der Waals surface area (Å²) >= 11 is 7.23. The van der Waals surface area contributed by atoms with Crippen molar-refractivity contribution in [3.63, 3.8) is 0 Å². The minimum absolute atomic E-state index is 0.113. The van der Waals surface area contributed by atoms with E-state index in [2.05, 4.69) is 59.1 Å². The summed E-state index contributed by atoms with van der Waals surface area (Å²) in [6, 6.07) is 18.1. The van der Waals surface area contributed by atoms with Gasteiger partial charge in [-0.3, -0.25) is 4.98 Å². The SMILES string of the molecule is CN(C)CCN(C)c1nc2ccc(-c3c(CO)ccnc3-c3cncn3C)cc2c(Cl)c1-c1ccccc1. The minimum Gasteiger partial charge on any atom is -0.392 e. The van der Waals surface area contributed by atoms with Gasteiger partial charge in [0.2, 0.25) is 0 Å². The zero-order valence-corrected chi connectivity index (χ0v) is 22.8. The quantitative estimate of drug-likeness (QED) is 0.287. The number of aliphatic hydroxyl groups is 1. The van der Waals surface area contributed by atoms with Crippen molar-refractivity contribution < 1.29 is 5.11 Å². The third-order valence-corrected chi connectivity index (χ3v) is 7.16. The summed E-state index contributed by atoms with van der Waals surface area (Å²) in [4.78, 5) is 18.4. The van der Waals surface area contributed by atoms with Crippen molar-refractivity contribution in [2.75, 3.05) is 39.1 Å². The maximum Gasteiger partial charge on any atom is 0.138 e. The summed E-state index contributed by atoms with van der Waals surface area (Å²) in [5.41, 5.74) is 6.87. The topological polar surface area (TPSA) is 70.3 Å². The predicted octanol–water partition coefficient (Wildman–Crippen LogP) is 5.51. The highest BCUT2D eigenvalue weighted by Crippen LogP contribution is 2.42. The molecular formula is C30H31ClN6O. The lowest BCUT2D eigenvalue weighted by atomic mass is 9.95. The van der Waals surface area contributed by atoms with Crippen molar-refractivity contribution >= 4 is 28.3 Å². The van der Waals surface area contributed by atoms with E-state index in [1.807, 2.05) is 48.0 Å². The molecule has 0 aliphatic heterocycles. The zero-order chi connectivity index (χ0) is 26.8. The van der Waals surface area contributed by atoms with Crippen molar-refractivity contribution in [3.8, 4) is 33.6 Å². The third-order valence-electron chi connectivity index (χ3n) is 6.76. The maximum atomic E-state index is 10.2. The highest BCUT2D eigenvalue weighted by molar-refractivity contribution is 6.39. The van der Waals surface area contributed by atoms with Crippen molar-refractivity contribution in [1.29, 1.82) is 0 Å². The van der Waals surface area contributed by atoms with Crippen molar-refractivity contribution in [3.05, 3.63) is 83.9 Å². The van der Waals surface area contributed by atoms with Gasteiger partial charge in [0.15, 0.2) is 0 Å². The standard InChI is InChI=1S/C30H31ClN6O/c1-35(2)14-15-36(3)30-27(20-8-6-5-7-9-20)28(31)23-16-21(10-11-24(23)34-30)26-22(18-38)12-13-33-29(26)25-17-32-19-37(25)4/h5-13,16-17,19,38H,14-15,18H2,1-4H3. The van der Waals surface area contributed by atoms with Gasteiger partial charge in [0.05, 0.1) is 41.1 Å². The molecule has 0 radical (unpaired) electrons. The number of rotatable bonds is 8. The predicted molar refractivity (Wildman–Crippen MR) is 155 cm³/mol. The zero-order valence-electron chi connectivity index (χ0n) is 22.1. The van der Waals surface area contributed by atoms with E-state index in [-0.39, 0.29) is 6.61 Å². The molecule has 7 nitrogen and oxygen atoms in total. The number of aryl methyl sites for hydroxylation is 1. The number of pyridine rings is 2. The Labute approximate surface area is 228 Å². The van der Waals surface area contributed by atoms with E-state index < -0.39 is 0 Å². The first kappa shape index (κ1) is 25.9. The minimum atomic E-state index is -0.113. The summed E-state index contributed by atoms with van der Waals surface area (Å²) in [7, 11) is 8.11. The number of anilines is 1. The van der Waals surface area contributed by atoms with Gasteiger partial charge in [-0.2, -0.15) is 0 Å². The number of aliphatic hydroxyl groups excluding tert-OH is 1. The van der Waals surface area contributed by atoms with E-state index in [4.69, 9.17) is 16.6 Å². The Hall–Kier alpha value is -3.78. The van der Waals surface area contributed by atoms with Crippen LogP contribution in [0.4, 0.5) is 5.82 Å². The molecule has 38 heavy (non-hydrogen) atoms. The van der Waals surface area contributed by atoms with Crippen LogP contribution in [0.15, 0.2) is 73.3 Å². The maximum absolute atomic E-state index is 10.2. The van der Waals surface area contributed by atoms with Crippen LogP contribution >= 0.6 is 11.6 Å². The lowest BCUT2D eigenvalue weighted by Crippen LogP contribution is -2.29. The molecule has 0 unspecified atom stereocenters. The van der Waals surface area contributed by atoms with Crippen LogP contribution in [0.3, 0.4) is 0 Å². The number of nitrogens with zero attached hydrogens (tertiary/aromatic N) is 6. The smallest absolute Gasteiger partial charge is 0.138 e. The molecule has 8 heteroatoms. The Morgan fingerprint density at radius 2 is 1.74 bits per heavy atom. The Balaban J connectivity index is 1.73. The van der Waals surface area contributed by atoms with Gasteiger partial charge in [-0.15, -0.1) is 0 Å². The summed E-state index contributed by atoms with van der Waals surface area (Å²) in [5.74, 6) is 0.844. The van der Waals surface area contributed by atoms with Crippen molar-refractivity contribution in [1.82, 2.24) is 24.4 Å². The van der Waals surface area contributed by atoms with Gasteiger partial charge in [0.1, 0.15) is 5.82 Å². The van der Waals surface area contributed by atoms with Crippen LogP contribution in [0.25, 0.3) is 44.5 Å². The van der Waals surface area contributed by atoms with Gasteiger partial charge in [-0.25, -0.2) is 9.97 Å². The number of imidazole rings is 1. The van der Waals surface area contributed by atoms with Crippen LogP contribution in [0.5, 0.6) is 0 Å². The summed E-state index contributed by atoms with van der Waals surface area (Å²) in [5, 5.41) is 11.7. The number of halogens is 1. The molecule has 5 aromatic rings. The van der Waals surface area contributed by atoms with Crippen LogP contribution < -0.4 is 4.90 Å². The van der Waals surface area contributed by atoms with E-state index in [9.17, 15) is 5.11 Å². The van der Waals surface area contributed by atoms with E-state index in [1.165, 1.54) is 0 Å². The Kier molecular flexibility index (Phi) is 7.42. The van der Waals surface area contributed by atoms with Crippen LogP contribution in [-0.2, 0) is 13.7 Å². The number of likely N-dealkylation sites (N-methyl/N-ethyl adjacent to an activating group) is 2. The first-order valence-corrected chi connectivity index (χ1v) is 12.9. The van der Waals surface area contributed by atoms with Gasteiger partial charge in [-0.1, -0.05) is 48.0 Å². The molecular weight excluding hydrogens is 496 g/mol. The van der Waals surface area contributed by atoms with E-state index in [0.29, 0.717) is 5.02 Å². The van der Waals surface area contributed by atoms with E-state index in [0.717, 1.165) is 69.0 Å². The molecule has 3 aromatic heterocycles. The van der Waals surface area contributed by atoms with Crippen LogP contribution in [-0.4, -0.2) is 63.8 Å². The molecule has 3 heterocycles. The number of fused-ring (bicyclic) bond motifs is 1. The van der Waals surface area contributed by atoms with E-state index >= 15 is 0 Å². The Bertz CT molecular complexity index is 1580. The molecule has 0 atom stereocenters. The molecule has 5 rings (SSSR count). The van der Waals surface area contributed by atoms with Crippen LogP contribution in [0, 0.1) is 0 Å². The van der Waals surface area contributed by atoms with Crippen LogP contribution in [0.1, 0.15) is 5.56 Å². The van der Waals surface area contributed by atoms with Gasteiger partial charge in [0.25, 0.3) is 0 Å². The van der Waals surface area contributed by atoms with Gasteiger partial charge in [-0.05, 0) is 49.0 Å². The molecule has 0 spiro atoms. The lowest BCUT2D eigenvalue weighted by Gasteiger charge is -2.25. The van der Waals surface area contributed by atoms with Gasteiger partial charge < -0.3 is 19.5 Å². The molecule has 194 valence electrons. The monoisotopic (exact) mass is 526 g/mol. The lowest BCUT2D eigenvalue weighted by molar-refractivity contribution is 0.282.